The lowest BCUT2D eigenvalue weighted by atomic mass is 10.1. The van der Waals surface area contributed by atoms with Gasteiger partial charge in [0.05, 0.1) is 17.6 Å². The maximum Gasteiger partial charge on any atom is 0.227 e. The van der Waals surface area contributed by atoms with Gasteiger partial charge in [0.1, 0.15) is 11.6 Å². The van der Waals surface area contributed by atoms with Crippen LogP contribution in [0.25, 0.3) is 11.0 Å². The highest BCUT2D eigenvalue weighted by Crippen LogP contribution is 2.33. The number of fused-ring (bicyclic) bond motifs is 1. The molecule has 2 heterocycles. The fourth-order valence-corrected chi connectivity index (χ4v) is 4.79. The minimum atomic E-state index is 0.0547. The van der Waals surface area contributed by atoms with Crippen molar-refractivity contribution >= 4 is 34.2 Å². The molecule has 0 bridgehead atoms. The van der Waals surface area contributed by atoms with Crippen molar-refractivity contribution < 1.29 is 9.53 Å². The molecule has 0 radical (unpaired) electrons. The van der Waals surface area contributed by atoms with E-state index in [0.717, 1.165) is 47.7 Å². The Morgan fingerprint density at radius 3 is 2.68 bits per heavy atom. The van der Waals surface area contributed by atoms with Crippen molar-refractivity contribution in [2.24, 2.45) is 0 Å². The molecule has 0 saturated carbocycles. The first-order valence-electron chi connectivity index (χ1n) is 11.8. The first kappa shape index (κ1) is 22.5. The van der Waals surface area contributed by atoms with Crippen LogP contribution < -0.4 is 9.64 Å². The van der Waals surface area contributed by atoms with Gasteiger partial charge in [-0.15, -0.1) is 0 Å². The Bertz CT molecular complexity index is 1300. The highest BCUT2D eigenvalue weighted by atomic mass is 35.5. The van der Waals surface area contributed by atoms with E-state index in [1.165, 1.54) is 5.56 Å². The highest BCUT2D eigenvalue weighted by molar-refractivity contribution is 6.30. The van der Waals surface area contributed by atoms with Crippen LogP contribution in [-0.4, -0.2) is 28.6 Å². The van der Waals surface area contributed by atoms with Crippen molar-refractivity contribution in [1.29, 1.82) is 0 Å². The Balaban J connectivity index is 1.29. The second-order valence-electron chi connectivity index (χ2n) is 8.86. The second kappa shape index (κ2) is 9.90. The number of unbranched alkanes of at least 4 members (excludes halogenated alkanes) is 1. The number of aryl methyl sites for hydroxylation is 2. The van der Waals surface area contributed by atoms with E-state index in [0.29, 0.717) is 24.6 Å². The molecular formula is C28H28ClN3O2. The smallest absolute Gasteiger partial charge is 0.227 e. The third-order valence-corrected chi connectivity index (χ3v) is 6.60. The number of nitrogens with zero attached hydrogens (tertiary/aromatic N) is 3. The van der Waals surface area contributed by atoms with E-state index < -0.39 is 0 Å². The van der Waals surface area contributed by atoms with Crippen LogP contribution in [0.5, 0.6) is 5.75 Å². The predicted molar refractivity (Wildman–Crippen MR) is 137 cm³/mol. The van der Waals surface area contributed by atoms with E-state index in [9.17, 15) is 4.79 Å². The van der Waals surface area contributed by atoms with Crippen molar-refractivity contribution in [1.82, 2.24) is 9.55 Å². The molecule has 1 saturated heterocycles. The number of rotatable bonds is 8. The Hall–Kier alpha value is -3.31. The molecular weight excluding hydrogens is 446 g/mol. The van der Waals surface area contributed by atoms with E-state index in [-0.39, 0.29) is 11.8 Å². The number of amides is 1. The standard InChI is InChI=1S/C28H28ClN3O2/c1-20-7-6-8-24(17-20)34-16-5-4-15-31-26-10-3-2-9-25(26)30-28(31)21-18-27(33)32(19-21)23-13-11-22(29)12-14-23/h2-3,6-14,17,21H,4-5,15-16,18-19H2,1H3. The van der Waals surface area contributed by atoms with Crippen LogP contribution in [0.15, 0.2) is 72.8 Å². The Morgan fingerprint density at radius 2 is 1.85 bits per heavy atom. The lowest BCUT2D eigenvalue weighted by Crippen LogP contribution is -2.24. The molecule has 5 rings (SSSR count). The number of imidazole rings is 1. The van der Waals surface area contributed by atoms with Crippen molar-refractivity contribution in [3.05, 3.63) is 89.2 Å². The SMILES string of the molecule is Cc1cccc(OCCCCn2c(C3CC(=O)N(c4ccc(Cl)cc4)C3)nc3ccccc32)c1. The topological polar surface area (TPSA) is 47.4 Å². The van der Waals surface area contributed by atoms with E-state index in [2.05, 4.69) is 29.7 Å². The van der Waals surface area contributed by atoms with Crippen LogP contribution in [-0.2, 0) is 11.3 Å². The molecule has 34 heavy (non-hydrogen) atoms. The Morgan fingerprint density at radius 1 is 1.03 bits per heavy atom. The zero-order valence-corrected chi connectivity index (χ0v) is 20.0. The molecule has 1 fully saturated rings. The van der Waals surface area contributed by atoms with E-state index in [4.69, 9.17) is 21.3 Å². The van der Waals surface area contributed by atoms with Gasteiger partial charge < -0.3 is 14.2 Å². The fourth-order valence-electron chi connectivity index (χ4n) is 4.66. The molecule has 1 amide bonds. The quantitative estimate of drug-likeness (QED) is 0.279. The molecule has 1 aromatic heterocycles. The van der Waals surface area contributed by atoms with Crippen molar-refractivity contribution in [3.8, 4) is 5.75 Å². The number of ether oxygens (including phenoxy) is 1. The van der Waals surface area contributed by atoms with Gasteiger partial charge in [-0.05, 0) is 73.9 Å². The third kappa shape index (κ3) is 4.80. The van der Waals surface area contributed by atoms with Gasteiger partial charge in [0.25, 0.3) is 0 Å². The van der Waals surface area contributed by atoms with Crippen LogP contribution in [0.4, 0.5) is 5.69 Å². The molecule has 3 aromatic carbocycles. The van der Waals surface area contributed by atoms with E-state index in [1.54, 1.807) is 0 Å². The van der Waals surface area contributed by atoms with E-state index in [1.807, 2.05) is 59.5 Å². The van der Waals surface area contributed by atoms with Gasteiger partial charge in [0.15, 0.2) is 0 Å². The summed E-state index contributed by atoms with van der Waals surface area (Å²) in [4.78, 5) is 19.7. The van der Waals surface area contributed by atoms with Crippen LogP contribution >= 0.6 is 11.6 Å². The molecule has 0 spiro atoms. The summed E-state index contributed by atoms with van der Waals surface area (Å²) in [6.45, 7) is 4.22. The zero-order valence-electron chi connectivity index (χ0n) is 19.3. The molecule has 0 aliphatic carbocycles. The number of hydrogen-bond acceptors (Lipinski definition) is 3. The lowest BCUT2D eigenvalue weighted by molar-refractivity contribution is -0.117. The fraction of sp³-hybridized carbons (Fsp3) is 0.286. The molecule has 5 nitrogen and oxygen atoms in total. The molecule has 0 N–H and O–H groups in total. The summed E-state index contributed by atoms with van der Waals surface area (Å²) in [6.07, 6.45) is 2.38. The second-order valence-corrected chi connectivity index (χ2v) is 9.30. The summed E-state index contributed by atoms with van der Waals surface area (Å²) in [5, 5.41) is 0.667. The molecule has 1 aliphatic heterocycles. The van der Waals surface area contributed by atoms with Crippen LogP contribution in [0.3, 0.4) is 0 Å². The number of anilines is 1. The zero-order chi connectivity index (χ0) is 23.5. The first-order chi connectivity index (χ1) is 16.6. The number of aromatic nitrogens is 2. The number of carbonyl (C=O) groups excluding carboxylic acids is 1. The van der Waals surface area contributed by atoms with E-state index >= 15 is 0 Å². The largest absolute Gasteiger partial charge is 0.494 e. The average molecular weight is 474 g/mol. The molecule has 1 atom stereocenters. The molecule has 1 unspecified atom stereocenters. The lowest BCUT2D eigenvalue weighted by Gasteiger charge is -2.17. The van der Waals surface area contributed by atoms with Gasteiger partial charge in [-0.2, -0.15) is 0 Å². The normalized spacial score (nSPS) is 15.9. The highest BCUT2D eigenvalue weighted by Gasteiger charge is 2.34. The summed E-state index contributed by atoms with van der Waals surface area (Å²) in [7, 11) is 0. The van der Waals surface area contributed by atoms with Crippen LogP contribution in [0, 0.1) is 6.92 Å². The predicted octanol–water partition coefficient (Wildman–Crippen LogP) is 6.38. The number of para-hydroxylation sites is 2. The van der Waals surface area contributed by atoms with Gasteiger partial charge in [-0.1, -0.05) is 35.9 Å². The van der Waals surface area contributed by atoms with Gasteiger partial charge in [-0.3, -0.25) is 4.79 Å². The Kier molecular flexibility index (Phi) is 6.54. The van der Waals surface area contributed by atoms with Gasteiger partial charge >= 0.3 is 0 Å². The van der Waals surface area contributed by atoms with Crippen molar-refractivity contribution in [3.63, 3.8) is 0 Å². The summed E-state index contributed by atoms with van der Waals surface area (Å²) >= 11 is 6.03. The average Bonchev–Trinajstić information content (AvgIpc) is 3.40. The van der Waals surface area contributed by atoms with Crippen LogP contribution in [0.1, 0.15) is 36.6 Å². The number of hydrogen-bond donors (Lipinski definition) is 0. The minimum Gasteiger partial charge on any atom is -0.494 e. The maximum absolute atomic E-state index is 12.9. The first-order valence-corrected chi connectivity index (χ1v) is 12.2. The number of carbonyl (C=O) groups is 1. The van der Waals surface area contributed by atoms with Crippen molar-refractivity contribution in [2.45, 2.75) is 38.6 Å². The molecule has 174 valence electrons. The molecule has 4 aromatic rings. The molecule has 1 aliphatic rings. The number of halogens is 1. The molecule has 6 heteroatoms. The van der Waals surface area contributed by atoms with Gasteiger partial charge in [0.2, 0.25) is 5.91 Å². The Labute approximate surface area is 204 Å². The monoisotopic (exact) mass is 473 g/mol. The number of benzene rings is 3. The summed E-state index contributed by atoms with van der Waals surface area (Å²) in [5.41, 5.74) is 4.18. The van der Waals surface area contributed by atoms with Gasteiger partial charge in [-0.25, -0.2) is 4.98 Å². The summed E-state index contributed by atoms with van der Waals surface area (Å²) in [5.74, 6) is 2.09. The minimum absolute atomic E-state index is 0.0547. The van der Waals surface area contributed by atoms with Crippen molar-refractivity contribution in [2.75, 3.05) is 18.1 Å². The summed E-state index contributed by atoms with van der Waals surface area (Å²) in [6, 6.07) is 23.8. The van der Waals surface area contributed by atoms with Crippen LogP contribution in [0.2, 0.25) is 5.02 Å². The third-order valence-electron chi connectivity index (χ3n) is 6.35. The maximum atomic E-state index is 12.9. The van der Waals surface area contributed by atoms with Gasteiger partial charge in [0, 0.05) is 36.1 Å². The summed E-state index contributed by atoms with van der Waals surface area (Å²) < 4.78 is 8.22.